The van der Waals surface area contributed by atoms with Crippen LogP contribution in [-0.4, -0.2) is 7.11 Å². The van der Waals surface area contributed by atoms with E-state index in [0.29, 0.717) is 16.7 Å². The molecule has 0 N–H and O–H groups in total. The van der Waals surface area contributed by atoms with Crippen LogP contribution in [0.15, 0.2) is 42.5 Å². The summed E-state index contributed by atoms with van der Waals surface area (Å²) >= 11 is 0. The molecule has 2 aromatic rings. The summed E-state index contributed by atoms with van der Waals surface area (Å²) in [5, 5.41) is 0. The Labute approximate surface area is 113 Å². The lowest BCUT2D eigenvalue weighted by molar-refractivity contribution is 0.387. The molecule has 0 unspecified atom stereocenters. The second kappa shape index (κ2) is 4.37. The predicted octanol–water partition coefficient (Wildman–Crippen LogP) is 4.55. The van der Waals surface area contributed by atoms with Gasteiger partial charge < -0.3 is 4.74 Å². The summed E-state index contributed by atoms with van der Waals surface area (Å²) in [6, 6.07) is 13.5. The Hall–Kier alpha value is -1.83. The first kappa shape index (κ1) is 12.2. The Morgan fingerprint density at radius 3 is 2.53 bits per heavy atom. The molecule has 3 rings (SSSR count). The number of hydrogen-bond acceptors (Lipinski definition) is 1. The van der Waals surface area contributed by atoms with Gasteiger partial charge in [-0.3, -0.25) is 0 Å². The maximum absolute atomic E-state index is 14.3. The molecule has 1 aliphatic rings. The van der Waals surface area contributed by atoms with Crippen LogP contribution in [0.3, 0.4) is 0 Å². The molecule has 19 heavy (non-hydrogen) atoms. The van der Waals surface area contributed by atoms with Gasteiger partial charge in [0.2, 0.25) is 0 Å². The first-order valence-electron chi connectivity index (χ1n) is 6.57. The van der Waals surface area contributed by atoms with Gasteiger partial charge in [-0.25, -0.2) is 4.39 Å². The van der Waals surface area contributed by atoms with E-state index in [4.69, 9.17) is 4.74 Å². The van der Waals surface area contributed by atoms with E-state index in [0.717, 1.165) is 5.56 Å². The highest BCUT2D eigenvalue weighted by molar-refractivity contribution is 5.67. The van der Waals surface area contributed by atoms with E-state index in [9.17, 15) is 4.39 Å². The van der Waals surface area contributed by atoms with Crippen LogP contribution in [-0.2, 0) is 5.41 Å². The fraction of sp³-hybridized carbons (Fsp3) is 0.294. The molecule has 1 aliphatic carbocycles. The van der Waals surface area contributed by atoms with Crippen LogP contribution >= 0.6 is 0 Å². The number of benzene rings is 2. The monoisotopic (exact) mass is 256 g/mol. The van der Waals surface area contributed by atoms with E-state index in [2.05, 4.69) is 19.1 Å². The lowest BCUT2D eigenvalue weighted by atomic mass is 9.94. The first-order chi connectivity index (χ1) is 9.14. The minimum Gasteiger partial charge on any atom is -0.494 e. The molecule has 1 fully saturated rings. The fourth-order valence-corrected chi connectivity index (χ4v) is 2.43. The number of halogens is 1. The molecule has 98 valence electrons. The van der Waals surface area contributed by atoms with Crippen molar-refractivity contribution >= 4 is 0 Å². The Morgan fingerprint density at radius 2 is 1.84 bits per heavy atom. The van der Waals surface area contributed by atoms with Crippen LogP contribution in [0.1, 0.15) is 25.3 Å². The molecular weight excluding hydrogens is 239 g/mol. The summed E-state index contributed by atoms with van der Waals surface area (Å²) in [5.74, 6) is 0.00337. The summed E-state index contributed by atoms with van der Waals surface area (Å²) in [4.78, 5) is 0. The molecule has 0 radical (unpaired) electrons. The zero-order chi connectivity index (χ0) is 13.5. The highest BCUT2D eigenvalue weighted by Crippen LogP contribution is 2.48. The van der Waals surface area contributed by atoms with Gasteiger partial charge >= 0.3 is 0 Å². The van der Waals surface area contributed by atoms with Crippen molar-refractivity contribution in [3.05, 3.63) is 53.8 Å². The topological polar surface area (TPSA) is 9.23 Å². The highest BCUT2D eigenvalue weighted by atomic mass is 19.1. The fourth-order valence-electron chi connectivity index (χ4n) is 2.43. The zero-order valence-electron chi connectivity index (χ0n) is 11.2. The van der Waals surface area contributed by atoms with Crippen molar-refractivity contribution in [2.24, 2.45) is 0 Å². The Bertz CT molecular complexity index is 614. The van der Waals surface area contributed by atoms with E-state index in [1.807, 2.05) is 18.2 Å². The van der Waals surface area contributed by atoms with Crippen molar-refractivity contribution in [3.63, 3.8) is 0 Å². The summed E-state index contributed by atoms with van der Waals surface area (Å²) in [6.07, 6.45) is 2.44. The van der Waals surface area contributed by atoms with Crippen molar-refractivity contribution < 1.29 is 9.13 Å². The molecule has 1 saturated carbocycles. The molecule has 0 amide bonds. The standard InChI is InChI=1S/C17H17FO/c1-17(9-10-17)13-6-3-5-12(11-13)14-7-4-8-15(19-2)16(14)18/h3-8,11H,9-10H2,1-2H3. The van der Waals surface area contributed by atoms with E-state index >= 15 is 0 Å². The maximum atomic E-state index is 14.3. The van der Waals surface area contributed by atoms with Crippen LogP contribution in [0.2, 0.25) is 0 Å². The third-order valence-corrected chi connectivity index (χ3v) is 4.05. The van der Waals surface area contributed by atoms with Crippen LogP contribution in [0, 0.1) is 5.82 Å². The molecule has 0 spiro atoms. The minimum absolute atomic E-state index is 0.289. The van der Waals surface area contributed by atoms with Crippen molar-refractivity contribution in [2.75, 3.05) is 7.11 Å². The molecule has 0 atom stereocenters. The summed E-state index contributed by atoms with van der Waals surface area (Å²) in [6.45, 7) is 2.26. The third-order valence-electron chi connectivity index (χ3n) is 4.05. The Kier molecular flexibility index (Phi) is 2.81. The molecule has 0 heterocycles. The van der Waals surface area contributed by atoms with Gasteiger partial charge in [0.15, 0.2) is 11.6 Å². The molecule has 0 bridgehead atoms. The van der Waals surface area contributed by atoms with Gasteiger partial charge in [0.25, 0.3) is 0 Å². The SMILES string of the molecule is COc1cccc(-c2cccc(C3(C)CC3)c2)c1F. The smallest absolute Gasteiger partial charge is 0.172 e. The number of hydrogen-bond donors (Lipinski definition) is 0. The van der Waals surface area contributed by atoms with Gasteiger partial charge in [0, 0.05) is 5.56 Å². The zero-order valence-corrected chi connectivity index (χ0v) is 11.2. The lowest BCUT2D eigenvalue weighted by Gasteiger charge is -2.12. The summed E-state index contributed by atoms with van der Waals surface area (Å²) in [7, 11) is 1.49. The number of methoxy groups -OCH3 is 1. The van der Waals surface area contributed by atoms with Gasteiger partial charge in [0.05, 0.1) is 7.11 Å². The summed E-state index contributed by atoms with van der Waals surface area (Å²) in [5.41, 5.74) is 3.12. The van der Waals surface area contributed by atoms with Crippen molar-refractivity contribution in [2.45, 2.75) is 25.2 Å². The van der Waals surface area contributed by atoms with Crippen LogP contribution < -0.4 is 4.74 Å². The van der Waals surface area contributed by atoms with Gasteiger partial charge in [-0.15, -0.1) is 0 Å². The molecular formula is C17H17FO. The second-order valence-electron chi connectivity index (χ2n) is 5.46. The number of ether oxygens (including phenoxy) is 1. The van der Waals surface area contributed by atoms with Crippen molar-refractivity contribution in [1.29, 1.82) is 0 Å². The molecule has 0 saturated heterocycles. The van der Waals surface area contributed by atoms with E-state index in [1.165, 1.54) is 25.5 Å². The Morgan fingerprint density at radius 1 is 1.11 bits per heavy atom. The first-order valence-corrected chi connectivity index (χ1v) is 6.57. The average molecular weight is 256 g/mol. The minimum atomic E-state index is -0.289. The van der Waals surface area contributed by atoms with Crippen LogP contribution in [0.4, 0.5) is 4.39 Å². The highest BCUT2D eigenvalue weighted by Gasteiger charge is 2.38. The molecule has 0 aromatic heterocycles. The van der Waals surface area contributed by atoms with Crippen LogP contribution in [0.25, 0.3) is 11.1 Å². The molecule has 2 aromatic carbocycles. The quantitative estimate of drug-likeness (QED) is 0.782. The third kappa shape index (κ3) is 2.12. The van der Waals surface area contributed by atoms with Gasteiger partial charge in [-0.1, -0.05) is 43.3 Å². The van der Waals surface area contributed by atoms with Crippen LogP contribution in [0.5, 0.6) is 5.75 Å². The maximum Gasteiger partial charge on any atom is 0.172 e. The lowest BCUT2D eigenvalue weighted by Crippen LogP contribution is -1.99. The van der Waals surface area contributed by atoms with Gasteiger partial charge in [-0.05, 0) is 35.4 Å². The van der Waals surface area contributed by atoms with E-state index in [-0.39, 0.29) is 5.82 Å². The second-order valence-corrected chi connectivity index (χ2v) is 5.46. The Balaban J connectivity index is 2.07. The predicted molar refractivity (Wildman–Crippen MR) is 75.0 cm³/mol. The van der Waals surface area contributed by atoms with Gasteiger partial charge in [-0.2, -0.15) is 0 Å². The van der Waals surface area contributed by atoms with E-state index in [1.54, 1.807) is 12.1 Å². The molecule has 2 heteroatoms. The largest absolute Gasteiger partial charge is 0.494 e. The molecule has 1 nitrogen and oxygen atoms in total. The molecule has 0 aliphatic heterocycles. The van der Waals surface area contributed by atoms with E-state index < -0.39 is 0 Å². The van der Waals surface area contributed by atoms with Crippen molar-refractivity contribution in [3.8, 4) is 16.9 Å². The normalized spacial score (nSPS) is 16.2. The number of rotatable bonds is 3. The van der Waals surface area contributed by atoms with Crippen molar-refractivity contribution in [1.82, 2.24) is 0 Å². The average Bonchev–Trinajstić information content (AvgIpc) is 3.19. The van der Waals surface area contributed by atoms with Gasteiger partial charge in [0.1, 0.15) is 0 Å². The summed E-state index contributed by atoms with van der Waals surface area (Å²) < 4.78 is 19.3.